The van der Waals surface area contributed by atoms with Crippen molar-refractivity contribution in [2.45, 2.75) is 39.0 Å². The van der Waals surface area contributed by atoms with Crippen LogP contribution < -0.4 is 5.32 Å². The molecule has 2 N–H and O–H groups in total. The third kappa shape index (κ3) is 2.77. The summed E-state index contributed by atoms with van der Waals surface area (Å²) in [6.45, 7) is 1.86. The maximum Gasteiger partial charge on any atom is 0.311 e. The molecule has 19 heavy (non-hydrogen) atoms. The van der Waals surface area contributed by atoms with E-state index in [1.807, 2.05) is 0 Å². The Labute approximate surface area is 111 Å². The van der Waals surface area contributed by atoms with Gasteiger partial charge in [0.25, 0.3) is 5.91 Å². The highest BCUT2D eigenvalue weighted by Gasteiger charge is 2.40. The van der Waals surface area contributed by atoms with Crippen molar-refractivity contribution in [2.24, 2.45) is 5.41 Å². The van der Waals surface area contributed by atoms with Gasteiger partial charge in [0.2, 0.25) is 5.76 Å². The van der Waals surface area contributed by atoms with Crippen LogP contribution in [0, 0.1) is 12.3 Å². The molecule has 0 radical (unpaired) electrons. The van der Waals surface area contributed by atoms with E-state index in [2.05, 4.69) is 10.5 Å². The molecule has 0 unspecified atom stereocenters. The van der Waals surface area contributed by atoms with E-state index in [9.17, 15) is 14.7 Å². The van der Waals surface area contributed by atoms with Crippen molar-refractivity contribution >= 4 is 11.9 Å². The Morgan fingerprint density at radius 2 is 2.11 bits per heavy atom. The predicted octanol–water partition coefficient (Wildman–Crippen LogP) is 1.75. The van der Waals surface area contributed by atoms with E-state index < -0.39 is 17.3 Å². The number of aliphatic carboxylic acids is 1. The summed E-state index contributed by atoms with van der Waals surface area (Å²) < 4.78 is 4.85. The number of hydrogen-bond acceptors (Lipinski definition) is 4. The van der Waals surface area contributed by atoms with Crippen molar-refractivity contribution in [3.63, 3.8) is 0 Å². The van der Waals surface area contributed by atoms with Crippen LogP contribution in [0.2, 0.25) is 0 Å². The van der Waals surface area contributed by atoms with E-state index in [0.29, 0.717) is 18.4 Å². The standard InChI is InChI=1S/C13H18N2O4/c1-9-7-15-19-10(9)11(16)14-8-13(12(17)18)5-3-2-4-6-13/h7H,2-6,8H2,1H3,(H,14,16)(H,17,18). The van der Waals surface area contributed by atoms with Gasteiger partial charge >= 0.3 is 5.97 Å². The van der Waals surface area contributed by atoms with Gasteiger partial charge in [-0.3, -0.25) is 9.59 Å². The number of hydrogen-bond donors (Lipinski definition) is 2. The lowest BCUT2D eigenvalue weighted by molar-refractivity contribution is -0.150. The summed E-state index contributed by atoms with van der Waals surface area (Å²) in [5.74, 6) is -1.08. The Morgan fingerprint density at radius 1 is 1.42 bits per heavy atom. The van der Waals surface area contributed by atoms with Crippen molar-refractivity contribution in [1.82, 2.24) is 10.5 Å². The molecule has 1 heterocycles. The van der Waals surface area contributed by atoms with Crippen molar-refractivity contribution in [1.29, 1.82) is 0 Å². The zero-order valence-corrected chi connectivity index (χ0v) is 10.9. The Kier molecular flexibility index (Phi) is 3.87. The lowest BCUT2D eigenvalue weighted by atomic mass is 9.74. The topological polar surface area (TPSA) is 92.4 Å². The van der Waals surface area contributed by atoms with Gasteiger partial charge in [-0.2, -0.15) is 0 Å². The Morgan fingerprint density at radius 3 is 2.63 bits per heavy atom. The molecule has 6 heteroatoms. The number of carboxylic acid groups (broad SMARTS) is 1. The highest BCUT2D eigenvalue weighted by molar-refractivity contribution is 5.93. The van der Waals surface area contributed by atoms with Gasteiger partial charge < -0.3 is 14.9 Å². The van der Waals surface area contributed by atoms with E-state index in [0.717, 1.165) is 19.3 Å². The number of amides is 1. The first-order valence-corrected chi connectivity index (χ1v) is 6.48. The normalized spacial score (nSPS) is 17.9. The first-order chi connectivity index (χ1) is 9.05. The van der Waals surface area contributed by atoms with Gasteiger partial charge in [-0.15, -0.1) is 0 Å². The smallest absolute Gasteiger partial charge is 0.311 e. The molecule has 104 valence electrons. The fourth-order valence-electron chi connectivity index (χ4n) is 2.53. The quantitative estimate of drug-likeness (QED) is 0.866. The van der Waals surface area contributed by atoms with Gasteiger partial charge in [-0.05, 0) is 19.8 Å². The monoisotopic (exact) mass is 266 g/mol. The first-order valence-electron chi connectivity index (χ1n) is 6.48. The van der Waals surface area contributed by atoms with Crippen LogP contribution >= 0.6 is 0 Å². The number of carbonyl (C=O) groups is 2. The van der Waals surface area contributed by atoms with Gasteiger partial charge in [0.05, 0.1) is 11.6 Å². The van der Waals surface area contributed by atoms with Crippen molar-refractivity contribution < 1.29 is 19.2 Å². The van der Waals surface area contributed by atoms with Crippen LogP contribution in [0.5, 0.6) is 0 Å². The molecule has 1 saturated carbocycles. The zero-order valence-electron chi connectivity index (χ0n) is 10.9. The third-order valence-corrected chi connectivity index (χ3v) is 3.81. The summed E-state index contributed by atoms with van der Waals surface area (Å²) in [6, 6.07) is 0. The Hall–Kier alpha value is -1.85. The summed E-state index contributed by atoms with van der Waals surface area (Å²) in [5, 5.41) is 15.6. The summed E-state index contributed by atoms with van der Waals surface area (Å²) in [6.07, 6.45) is 5.52. The van der Waals surface area contributed by atoms with Crippen molar-refractivity contribution in [2.75, 3.05) is 6.54 Å². The minimum atomic E-state index is -0.832. The molecule has 1 amide bonds. The molecule has 1 fully saturated rings. The van der Waals surface area contributed by atoms with Gasteiger partial charge in [0.15, 0.2) is 0 Å². The number of aryl methyl sites for hydroxylation is 1. The third-order valence-electron chi connectivity index (χ3n) is 3.81. The second kappa shape index (κ2) is 5.42. The molecular formula is C13H18N2O4. The second-order valence-electron chi connectivity index (χ2n) is 5.17. The number of carbonyl (C=O) groups excluding carboxylic acids is 1. The molecule has 2 rings (SSSR count). The maximum atomic E-state index is 11.9. The van der Waals surface area contributed by atoms with Crippen LogP contribution in [0.25, 0.3) is 0 Å². The summed E-state index contributed by atoms with van der Waals surface area (Å²) >= 11 is 0. The van der Waals surface area contributed by atoms with E-state index in [1.165, 1.54) is 6.20 Å². The van der Waals surface area contributed by atoms with Crippen LogP contribution in [-0.2, 0) is 4.79 Å². The molecule has 1 aromatic rings. The fraction of sp³-hybridized carbons (Fsp3) is 0.615. The average molecular weight is 266 g/mol. The van der Waals surface area contributed by atoms with Gasteiger partial charge in [0.1, 0.15) is 0 Å². The van der Waals surface area contributed by atoms with Gasteiger partial charge in [-0.1, -0.05) is 24.4 Å². The number of nitrogens with zero attached hydrogens (tertiary/aromatic N) is 1. The molecule has 1 aliphatic carbocycles. The molecule has 6 nitrogen and oxygen atoms in total. The SMILES string of the molecule is Cc1cnoc1C(=O)NCC1(C(=O)O)CCCCC1. The highest BCUT2D eigenvalue weighted by atomic mass is 16.5. The summed E-state index contributed by atoms with van der Waals surface area (Å²) in [5.41, 5.74) is -0.188. The minimum Gasteiger partial charge on any atom is -0.481 e. The minimum absolute atomic E-state index is 0.140. The van der Waals surface area contributed by atoms with E-state index in [4.69, 9.17) is 4.52 Å². The summed E-state index contributed by atoms with van der Waals surface area (Å²) in [7, 11) is 0. The van der Waals surface area contributed by atoms with E-state index >= 15 is 0 Å². The van der Waals surface area contributed by atoms with Crippen LogP contribution in [0.4, 0.5) is 0 Å². The fourth-order valence-corrected chi connectivity index (χ4v) is 2.53. The number of rotatable bonds is 4. The molecule has 0 bridgehead atoms. The van der Waals surface area contributed by atoms with E-state index in [-0.39, 0.29) is 12.3 Å². The zero-order chi connectivity index (χ0) is 13.9. The van der Waals surface area contributed by atoms with Crippen LogP contribution in [-0.4, -0.2) is 28.7 Å². The average Bonchev–Trinajstić information content (AvgIpc) is 2.83. The maximum absolute atomic E-state index is 11.9. The highest BCUT2D eigenvalue weighted by Crippen LogP contribution is 2.36. The van der Waals surface area contributed by atoms with Crippen LogP contribution in [0.3, 0.4) is 0 Å². The molecule has 1 aliphatic rings. The van der Waals surface area contributed by atoms with Crippen LogP contribution in [0.1, 0.15) is 48.2 Å². The molecule has 0 spiro atoms. The second-order valence-corrected chi connectivity index (χ2v) is 5.17. The van der Waals surface area contributed by atoms with E-state index in [1.54, 1.807) is 6.92 Å². The summed E-state index contributed by atoms with van der Waals surface area (Å²) in [4.78, 5) is 23.4. The number of nitrogens with one attached hydrogen (secondary N) is 1. The molecule has 0 aliphatic heterocycles. The molecule has 1 aromatic heterocycles. The lowest BCUT2D eigenvalue weighted by Crippen LogP contribution is -2.44. The first kappa shape index (κ1) is 13.6. The number of carboxylic acids is 1. The molecule has 0 aromatic carbocycles. The molecule has 0 atom stereocenters. The van der Waals surface area contributed by atoms with Crippen molar-refractivity contribution in [3.8, 4) is 0 Å². The van der Waals surface area contributed by atoms with Gasteiger partial charge in [-0.25, -0.2) is 0 Å². The Bertz CT molecular complexity index is 475. The number of aromatic nitrogens is 1. The van der Waals surface area contributed by atoms with Crippen LogP contribution in [0.15, 0.2) is 10.7 Å². The molecule has 0 saturated heterocycles. The van der Waals surface area contributed by atoms with Gasteiger partial charge in [0, 0.05) is 12.1 Å². The lowest BCUT2D eigenvalue weighted by Gasteiger charge is -2.33. The predicted molar refractivity (Wildman–Crippen MR) is 66.7 cm³/mol. The van der Waals surface area contributed by atoms with Crippen molar-refractivity contribution in [3.05, 3.63) is 17.5 Å². The Balaban J connectivity index is 2.02. The largest absolute Gasteiger partial charge is 0.481 e. The molecular weight excluding hydrogens is 248 g/mol.